The van der Waals surface area contributed by atoms with Crippen LogP contribution in [0.25, 0.3) is 0 Å². The molecule has 0 aliphatic carbocycles. The molecule has 0 radical (unpaired) electrons. The van der Waals surface area contributed by atoms with Crippen LogP contribution in [0.1, 0.15) is 31.2 Å². The van der Waals surface area contributed by atoms with Crippen molar-refractivity contribution in [1.29, 1.82) is 0 Å². The first-order valence-electron chi connectivity index (χ1n) is 10.4. The highest BCUT2D eigenvalue weighted by Gasteiger charge is 2.30. The van der Waals surface area contributed by atoms with E-state index in [1.165, 1.54) is 0 Å². The van der Waals surface area contributed by atoms with Gasteiger partial charge >= 0.3 is 12.0 Å². The summed E-state index contributed by atoms with van der Waals surface area (Å²) < 4.78 is 7.09. The summed E-state index contributed by atoms with van der Waals surface area (Å²) in [7, 11) is 1.80. The Morgan fingerprint density at radius 1 is 1.10 bits per heavy atom. The zero-order valence-electron chi connectivity index (χ0n) is 18.3. The molecule has 1 saturated heterocycles. The number of aryl methyl sites for hydroxylation is 2. The lowest BCUT2D eigenvalue weighted by Crippen LogP contribution is -2.43. The number of hydrogen-bond donors (Lipinski definition) is 2. The molecule has 0 saturated carbocycles. The van der Waals surface area contributed by atoms with Crippen molar-refractivity contribution in [1.82, 2.24) is 14.7 Å². The Labute approximate surface area is 181 Å². The Morgan fingerprint density at radius 3 is 2.32 bits per heavy atom. The second kappa shape index (κ2) is 9.63. The van der Waals surface area contributed by atoms with Gasteiger partial charge in [-0.05, 0) is 45.7 Å². The van der Waals surface area contributed by atoms with Crippen LogP contribution in [-0.2, 0) is 21.4 Å². The molecule has 1 aliphatic heterocycles. The Balaban J connectivity index is 1.47. The highest BCUT2D eigenvalue weighted by molar-refractivity contribution is 5.96. The molecule has 166 valence electrons. The number of likely N-dealkylation sites (tertiary alicyclic amines) is 1. The standard InChI is InChI=1S/C22H29N5O4/c1-14-19(15(2)26(4)25-14)24-20(28)16(3)31-21(29)17-10-12-27(13-11-17)22(30)23-18-8-6-5-7-9-18/h5-9,16-17H,10-13H2,1-4H3,(H,23,30)(H,24,28)/t16-/m0/s1. The highest BCUT2D eigenvalue weighted by atomic mass is 16.5. The van der Waals surface area contributed by atoms with Crippen molar-refractivity contribution in [2.75, 3.05) is 23.7 Å². The molecule has 2 heterocycles. The van der Waals surface area contributed by atoms with E-state index < -0.39 is 18.0 Å². The largest absolute Gasteiger partial charge is 0.452 e. The molecule has 31 heavy (non-hydrogen) atoms. The lowest BCUT2D eigenvalue weighted by atomic mass is 9.97. The number of piperidine rings is 1. The smallest absolute Gasteiger partial charge is 0.321 e. The number of amides is 3. The van der Waals surface area contributed by atoms with Crippen LogP contribution in [-0.4, -0.2) is 51.8 Å². The maximum Gasteiger partial charge on any atom is 0.321 e. The summed E-state index contributed by atoms with van der Waals surface area (Å²) in [6, 6.07) is 9.05. The summed E-state index contributed by atoms with van der Waals surface area (Å²) in [6.45, 7) is 6.12. The molecule has 0 bridgehead atoms. The first-order chi connectivity index (χ1) is 14.8. The van der Waals surface area contributed by atoms with Crippen molar-refractivity contribution in [2.45, 2.75) is 39.7 Å². The number of carbonyl (C=O) groups is 3. The van der Waals surface area contributed by atoms with Crippen molar-refractivity contribution in [3.8, 4) is 0 Å². The van der Waals surface area contributed by atoms with Gasteiger partial charge in [-0.15, -0.1) is 0 Å². The molecule has 2 N–H and O–H groups in total. The summed E-state index contributed by atoms with van der Waals surface area (Å²) in [5.41, 5.74) is 2.89. The van der Waals surface area contributed by atoms with E-state index in [-0.39, 0.29) is 11.9 Å². The van der Waals surface area contributed by atoms with Gasteiger partial charge in [-0.25, -0.2) is 4.79 Å². The topological polar surface area (TPSA) is 106 Å². The first kappa shape index (κ1) is 22.3. The van der Waals surface area contributed by atoms with E-state index in [0.717, 1.165) is 11.4 Å². The Morgan fingerprint density at radius 2 is 1.74 bits per heavy atom. The van der Waals surface area contributed by atoms with Crippen molar-refractivity contribution in [2.24, 2.45) is 13.0 Å². The van der Waals surface area contributed by atoms with E-state index >= 15 is 0 Å². The van der Waals surface area contributed by atoms with E-state index in [1.807, 2.05) is 37.3 Å². The van der Waals surface area contributed by atoms with Gasteiger partial charge in [0.1, 0.15) is 0 Å². The number of esters is 1. The molecule has 1 aromatic heterocycles. The van der Waals surface area contributed by atoms with Crippen LogP contribution in [0.5, 0.6) is 0 Å². The predicted octanol–water partition coefficient (Wildman–Crippen LogP) is 2.85. The van der Waals surface area contributed by atoms with E-state index in [2.05, 4.69) is 15.7 Å². The maximum atomic E-state index is 12.5. The summed E-state index contributed by atoms with van der Waals surface area (Å²) in [5, 5.41) is 9.90. The molecule has 3 rings (SSSR count). The summed E-state index contributed by atoms with van der Waals surface area (Å²) in [4.78, 5) is 39.1. The van der Waals surface area contributed by atoms with Gasteiger partial charge in [0.15, 0.2) is 6.10 Å². The van der Waals surface area contributed by atoms with Gasteiger partial charge in [0, 0.05) is 25.8 Å². The van der Waals surface area contributed by atoms with Crippen LogP contribution in [0.4, 0.5) is 16.2 Å². The van der Waals surface area contributed by atoms with Crippen LogP contribution in [0, 0.1) is 19.8 Å². The van der Waals surface area contributed by atoms with E-state index in [9.17, 15) is 14.4 Å². The molecule has 9 nitrogen and oxygen atoms in total. The third-order valence-corrected chi connectivity index (χ3v) is 5.56. The molecular formula is C22H29N5O4. The summed E-state index contributed by atoms with van der Waals surface area (Å²) in [6.07, 6.45) is 0.0674. The van der Waals surface area contributed by atoms with Gasteiger partial charge in [0.2, 0.25) is 0 Å². The number of nitrogens with one attached hydrogen (secondary N) is 2. The second-order valence-electron chi connectivity index (χ2n) is 7.80. The quantitative estimate of drug-likeness (QED) is 0.714. The Bertz CT molecular complexity index is 948. The van der Waals surface area contributed by atoms with Crippen molar-refractivity contribution in [3.63, 3.8) is 0 Å². The number of nitrogens with zero attached hydrogens (tertiary/aromatic N) is 3. The van der Waals surface area contributed by atoms with Crippen molar-refractivity contribution < 1.29 is 19.1 Å². The van der Waals surface area contributed by atoms with E-state index in [1.54, 1.807) is 30.5 Å². The summed E-state index contributed by atoms with van der Waals surface area (Å²) in [5.74, 6) is -1.14. The third-order valence-electron chi connectivity index (χ3n) is 5.56. The molecule has 1 fully saturated rings. The van der Waals surface area contributed by atoms with Crippen LogP contribution < -0.4 is 10.6 Å². The number of para-hydroxylation sites is 1. The fourth-order valence-electron chi connectivity index (χ4n) is 3.55. The molecule has 0 spiro atoms. The minimum atomic E-state index is -0.925. The van der Waals surface area contributed by atoms with Crippen LogP contribution >= 0.6 is 0 Å². The zero-order valence-corrected chi connectivity index (χ0v) is 18.3. The molecular weight excluding hydrogens is 398 g/mol. The van der Waals surface area contributed by atoms with Crippen molar-refractivity contribution in [3.05, 3.63) is 41.7 Å². The monoisotopic (exact) mass is 427 g/mol. The van der Waals surface area contributed by atoms with Gasteiger partial charge in [-0.1, -0.05) is 18.2 Å². The summed E-state index contributed by atoms with van der Waals surface area (Å²) >= 11 is 0. The van der Waals surface area contributed by atoms with E-state index in [0.29, 0.717) is 37.3 Å². The highest BCUT2D eigenvalue weighted by Crippen LogP contribution is 2.22. The van der Waals surface area contributed by atoms with Crippen LogP contribution in [0.2, 0.25) is 0 Å². The van der Waals surface area contributed by atoms with Gasteiger partial charge < -0.3 is 20.3 Å². The number of carbonyl (C=O) groups excluding carboxylic acids is 3. The number of anilines is 2. The first-order valence-corrected chi connectivity index (χ1v) is 10.4. The number of aromatic nitrogens is 2. The fraction of sp³-hybridized carbons (Fsp3) is 0.455. The molecule has 2 aromatic rings. The SMILES string of the molecule is Cc1nn(C)c(C)c1NC(=O)[C@H](C)OC(=O)C1CCN(C(=O)Nc2ccccc2)CC1. The number of rotatable bonds is 5. The number of urea groups is 1. The number of ether oxygens (including phenoxy) is 1. The Hall–Kier alpha value is -3.36. The normalized spacial score (nSPS) is 15.3. The number of hydrogen-bond acceptors (Lipinski definition) is 5. The Kier molecular flexibility index (Phi) is 6.94. The third kappa shape index (κ3) is 5.42. The van der Waals surface area contributed by atoms with E-state index in [4.69, 9.17) is 4.74 Å². The lowest BCUT2D eigenvalue weighted by molar-refractivity contribution is -0.158. The predicted molar refractivity (Wildman–Crippen MR) is 117 cm³/mol. The number of benzene rings is 1. The molecule has 0 unspecified atom stereocenters. The molecule has 1 atom stereocenters. The minimum absolute atomic E-state index is 0.187. The van der Waals surface area contributed by atoms with Gasteiger partial charge in [0.05, 0.1) is 23.0 Å². The van der Waals surface area contributed by atoms with Gasteiger partial charge in [-0.3, -0.25) is 14.3 Å². The average molecular weight is 428 g/mol. The van der Waals surface area contributed by atoms with Crippen LogP contribution in [0.15, 0.2) is 30.3 Å². The van der Waals surface area contributed by atoms with Gasteiger partial charge in [-0.2, -0.15) is 5.10 Å². The average Bonchev–Trinajstić information content (AvgIpc) is 3.00. The van der Waals surface area contributed by atoms with Gasteiger partial charge in [0.25, 0.3) is 5.91 Å². The fourth-order valence-corrected chi connectivity index (χ4v) is 3.55. The van der Waals surface area contributed by atoms with Crippen molar-refractivity contribution >= 4 is 29.3 Å². The molecule has 1 aromatic carbocycles. The van der Waals surface area contributed by atoms with Crippen LogP contribution in [0.3, 0.4) is 0 Å². The lowest BCUT2D eigenvalue weighted by Gasteiger charge is -2.31. The molecule has 3 amide bonds. The molecule has 1 aliphatic rings. The zero-order chi connectivity index (χ0) is 22.5. The second-order valence-corrected chi connectivity index (χ2v) is 7.80. The minimum Gasteiger partial charge on any atom is -0.452 e. The maximum absolute atomic E-state index is 12.5. The molecule has 9 heteroatoms.